The first-order chi connectivity index (χ1) is 12.0. The zero-order chi connectivity index (χ0) is 27.0. The van der Waals surface area contributed by atoms with E-state index in [9.17, 15) is 0 Å². The molecule has 0 aliphatic rings. The summed E-state index contributed by atoms with van der Waals surface area (Å²) in [5.41, 5.74) is 0. The van der Waals surface area contributed by atoms with Gasteiger partial charge in [-0.25, -0.2) is 0 Å². The van der Waals surface area contributed by atoms with E-state index in [1.165, 1.54) is 0 Å². The summed E-state index contributed by atoms with van der Waals surface area (Å²) < 4.78 is 0. The molecule has 0 rings (SSSR count). The smallest absolute Gasteiger partial charge is 0.894 e. The van der Waals surface area contributed by atoms with Gasteiger partial charge in [0.2, 0.25) is 0 Å². The van der Waals surface area contributed by atoms with Gasteiger partial charge in [0.05, 0.1) is 0 Å². The van der Waals surface area contributed by atoms with Gasteiger partial charge in [0.25, 0.3) is 0 Å². The summed E-state index contributed by atoms with van der Waals surface area (Å²) >= 11 is 0. The first-order valence-corrected chi connectivity index (χ1v) is 14.7. The zero-order valence-corrected chi connectivity index (χ0v) is 37.5. The van der Waals surface area contributed by atoms with Gasteiger partial charge in [0, 0.05) is 0 Å². The predicted octanol–water partition coefficient (Wildman–Crippen LogP) is -30.8. The van der Waals surface area contributed by atoms with Gasteiger partial charge in [-0.3, -0.25) is 0 Å². The van der Waals surface area contributed by atoms with Crippen molar-refractivity contribution in [3.63, 3.8) is 0 Å². The Morgan fingerprint density at radius 2 is 0.147 bits per heavy atom. The van der Waals surface area contributed by atoms with Crippen molar-refractivity contribution in [1.29, 1.82) is 0 Å². The van der Waals surface area contributed by atoms with Crippen LogP contribution in [0.1, 0.15) is 0 Å². The molecule has 0 amide bonds. The summed E-state index contributed by atoms with van der Waals surface area (Å²) in [5, 5.41) is 0. The van der Waals surface area contributed by atoms with Crippen LogP contribution in [0.25, 0.3) is 0 Å². The first-order valence-electron chi connectivity index (χ1n) is 4.90. The van der Waals surface area contributed by atoms with Crippen LogP contribution in [-0.4, -0.2) is 54.3 Å². The Labute approximate surface area is 289 Å². The van der Waals surface area contributed by atoms with Crippen molar-refractivity contribution in [3.8, 4) is 0 Å². The molecule has 184 valence electrons. The van der Waals surface area contributed by atoms with Crippen LogP contribution in [0.3, 0.4) is 0 Å². The van der Waals surface area contributed by atoms with E-state index in [2.05, 4.69) is 0 Å². The van der Waals surface area contributed by atoms with Crippen LogP contribution in [0.4, 0.5) is 0 Å². The van der Waals surface area contributed by atoms with Gasteiger partial charge in [-0.2, -0.15) is 0 Å². The van der Waals surface area contributed by atoms with Gasteiger partial charge < -0.3 is 169 Å². The van der Waals surface area contributed by atoms with E-state index in [0.717, 1.165) is 0 Å². The predicted molar refractivity (Wildman–Crippen MR) is 34.5 cm³/mol. The summed E-state index contributed by atoms with van der Waals surface area (Å²) in [6, 6.07) is 0. The van der Waals surface area contributed by atoms with Crippen molar-refractivity contribution < 1.29 is 240 Å². The second-order valence-corrected chi connectivity index (χ2v) is 9.00. The molecule has 0 radical (unpaired) electrons. The van der Waals surface area contributed by atoms with Crippen LogP contribution in [0.5, 0.6) is 0 Å². The molecular weight excluding hydrogens is 1500 g/mol. The molecule has 0 bridgehead atoms. The summed E-state index contributed by atoms with van der Waals surface area (Å²) in [6.07, 6.45) is 0. The minimum atomic E-state index is -5.61. The Hall–Kier alpha value is 4.55. The molecule has 0 aromatic carbocycles. The van der Waals surface area contributed by atoms with Gasteiger partial charge in [0.15, 0.2) is 0 Å². The fourth-order valence-corrected chi connectivity index (χ4v) is 0. The van der Waals surface area contributed by atoms with Gasteiger partial charge in [-0.05, 0) is 0 Å². The maximum Gasteiger partial charge on any atom is 6.00 e. The molecule has 0 aromatic rings. The largest absolute Gasteiger partial charge is 6.00 e. The van der Waals surface area contributed by atoms with Crippen molar-refractivity contribution in [2.24, 2.45) is 0 Å². The van der Waals surface area contributed by atoms with Gasteiger partial charge in [-0.1, -0.05) is 0 Å². The maximum absolute atomic E-state index is 8.58. The van der Waals surface area contributed by atoms with Crippen LogP contribution in [-0.2, 0) is 0 Å². The van der Waals surface area contributed by atoms with Crippen LogP contribution in [0, 0.1) is 124 Å². The van der Waals surface area contributed by atoms with E-state index in [4.69, 9.17) is 115 Å². The topological polar surface area (TPSA) is 553 Å². The Kier molecular flexibility index (Phi) is 59.8. The monoisotopic (exact) mass is 1500 g/mol. The molecule has 0 aliphatic heterocycles. The Morgan fingerprint density at radius 1 is 0.147 bits per heavy atom. The molecule has 24 nitrogen and oxygen atoms in total. The Balaban J connectivity index is -0.0000000248. The van der Waals surface area contributed by atoms with Crippen molar-refractivity contribution in [2.45, 2.75) is 0 Å². The normalized spacial score (nSPS) is 10.6. The molecule has 0 aliphatic carbocycles. The Bertz CT molecular complexity index is 226. The minimum Gasteiger partial charge on any atom is -0.894 e. The van der Waals surface area contributed by atoms with Crippen molar-refractivity contribution in [3.05, 3.63) is 0 Å². The fraction of sp³-hybridized carbons (Fsp3) is 0. The standard InChI is InChI=1S/6O4Si.4U/c6*1-5(2,3)4;;;;/q6*-4;4*+6. The SMILES string of the molecule is [O-][Si]([O-])([O-])[O-].[O-][Si]([O-])([O-])[O-].[O-][Si]([O-])([O-])[O-].[O-][Si]([O-])([O-])[O-].[O-][Si]([O-])([O-])[O-].[O-][Si]([O-])([O-])[O-].[U+6].[U+6].[U+6].[U+6]. The summed E-state index contributed by atoms with van der Waals surface area (Å²) in [4.78, 5) is 206. The van der Waals surface area contributed by atoms with Crippen LogP contribution in [0.2, 0.25) is 0 Å². The molecule has 0 spiro atoms. The molecule has 34 heavy (non-hydrogen) atoms. The van der Waals surface area contributed by atoms with Gasteiger partial charge in [0.1, 0.15) is 0 Å². The maximum atomic E-state index is 8.58. The molecule has 0 atom stereocenters. The van der Waals surface area contributed by atoms with Crippen LogP contribution in [0.15, 0.2) is 0 Å². The third-order valence-corrected chi connectivity index (χ3v) is 0. The minimum absolute atomic E-state index is 0. The van der Waals surface area contributed by atoms with Gasteiger partial charge >= 0.3 is 124 Å². The van der Waals surface area contributed by atoms with E-state index < -0.39 is 54.3 Å². The first kappa shape index (κ1) is 66.7. The molecule has 0 heterocycles. The van der Waals surface area contributed by atoms with Crippen molar-refractivity contribution in [2.75, 3.05) is 0 Å². The van der Waals surface area contributed by atoms with E-state index >= 15 is 0 Å². The second kappa shape index (κ2) is 30.5. The quantitative estimate of drug-likeness (QED) is 0.203. The number of hydrogen-bond donors (Lipinski definition) is 0. The number of rotatable bonds is 0. The third-order valence-electron chi connectivity index (χ3n) is 0. The number of hydrogen-bond acceptors (Lipinski definition) is 24. The molecule has 0 aromatic heterocycles. The molecule has 34 heteroatoms. The van der Waals surface area contributed by atoms with Gasteiger partial charge in [-0.15, -0.1) is 0 Å². The third kappa shape index (κ3) is 2230. The molecule has 0 fully saturated rings. The molecular formula is O24Si6U4. The molecule has 0 unspecified atom stereocenters. The van der Waals surface area contributed by atoms with E-state index in [0.29, 0.717) is 0 Å². The van der Waals surface area contributed by atoms with Crippen molar-refractivity contribution >= 4 is 54.3 Å². The summed E-state index contributed by atoms with van der Waals surface area (Å²) in [7, 11) is -33.7. The van der Waals surface area contributed by atoms with E-state index in [1.54, 1.807) is 0 Å². The fourth-order valence-electron chi connectivity index (χ4n) is 0. The van der Waals surface area contributed by atoms with Crippen LogP contribution >= 0.6 is 0 Å². The average molecular weight is 1500 g/mol. The molecule has 0 saturated carbocycles. The summed E-state index contributed by atoms with van der Waals surface area (Å²) in [6.45, 7) is 0. The molecule has 0 saturated heterocycles. The Morgan fingerprint density at radius 3 is 0.147 bits per heavy atom. The van der Waals surface area contributed by atoms with Crippen molar-refractivity contribution in [1.82, 2.24) is 0 Å². The average Bonchev–Trinajstić information content (AvgIpc) is 1.94. The zero-order valence-electron chi connectivity index (χ0n) is 14.8. The molecule has 0 N–H and O–H groups in total. The van der Waals surface area contributed by atoms with E-state index in [1.807, 2.05) is 0 Å². The second-order valence-electron chi connectivity index (χ2n) is 3.00. The summed E-state index contributed by atoms with van der Waals surface area (Å²) in [5.74, 6) is 0. The van der Waals surface area contributed by atoms with Crippen LogP contribution < -0.4 is 115 Å². The van der Waals surface area contributed by atoms with E-state index in [-0.39, 0.29) is 124 Å².